The van der Waals surface area contributed by atoms with E-state index in [2.05, 4.69) is 37.1 Å². The lowest BCUT2D eigenvalue weighted by atomic mass is 9.86. The molecule has 2 aromatic carbocycles. The summed E-state index contributed by atoms with van der Waals surface area (Å²) in [5.41, 5.74) is 2.42. The Balaban J connectivity index is 1.61. The van der Waals surface area contributed by atoms with Crippen LogP contribution in [0.4, 0.5) is 0 Å². The number of para-hydroxylation sites is 1. The molecule has 3 heterocycles. The van der Waals surface area contributed by atoms with Crippen molar-refractivity contribution in [2.24, 2.45) is 5.10 Å². The molecular formula is C22H22Cl2N2O2. The summed E-state index contributed by atoms with van der Waals surface area (Å²) in [6, 6.07) is 14.1. The monoisotopic (exact) mass is 416 g/mol. The van der Waals surface area contributed by atoms with Gasteiger partial charge in [0.1, 0.15) is 5.75 Å². The van der Waals surface area contributed by atoms with Crippen LogP contribution < -0.4 is 4.74 Å². The van der Waals surface area contributed by atoms with Crippen LogP contribution in [0.15, 0.2) is 47.6 Å². The van der Waals surface area contributed by atoms with Crippen molar-refractivity contribution in [1.29, 1.82) is 0 Å². The Kier molecular flexibility index (Phi) is 4.17. The molecular weight excluding hydrogens is 395 g/mol. The number of halogens is 2. The van der Waals surface area contributed by atoms with Crippen LogP contribution in [0, 0.1) is 0 Å². The standard InChI is InChI=1S/C22H22Cl2N2O2/c1-21(2)13-22(9-10-27-21)26-19(15-5-3-4-6-20(15)28-22)12-18(25-26)14-7-8-16(23)17(24)11-14/h3-8,11,19H,9-10,12-13H2,1-2H3. The number of benzene rings is 2. The number of rotatable bonds is 1. The van der Waals surface area contributed by atoms with Gasteiger partial charge in [-0.2, -0.15) is 5.10 Å². The lowest BCUT2D eigenvalue weighted by Gasteiger charge is -2.52. The minimum absolute atomic E-state index is 0.142. The molecule has 0 aliphatic carbocycles. The zero-order valence-corrected chi connectivity index (χ0v) is 17.4. The van der Waals surface area contributed by atoms with Gasteiger partial charge >= 0.3 is 0 Å². The first-order valence-electron chi connectivity index (χ1n) is 9.61. The van der Waals surface area contributed by atoms with Crippen molar-refractivity contribution in [2.75, 3.05) is 6.61 Å². The molecule has 2 atom stereocenters. The first-order valence-corrected chi connectivity index (χ1v) is 10.4. The Bertz CT molecular complexity index is 975. The molecule has 146 valence electrons. The smallest absolute Gasteiger partial charge is 0.203 e. The van der Waals surface area contributed by atoms with Gasteiger partial charge in [-0.25, -0.2) is 5.01 Å². The van der Waals surface area contributed by atoms with E-state index in [-0.39, 0.29) is 11.6 Å². The summed E-state index contributed by atoms with van der Waals surface area (Å²) < 4.78 is 12.6. The van der Waals surface area contributed by atoms with E-state index in [1.807, 2.05) is 24.3 Å². The lowest BCUT2D eigenvalue weighted by molar-refractivity contribution is -0.212. The molecule has 3 aliphatic rings. The van der Waals surface area contributed by atoms with Crippen LogP contribution in [-0.4, -0.2) is 28.7 Å². The Morgan fingerprint density at radius 3 is 2.71 bits per heavy atom. The Hall–Kier alpha value is -1.75. The largest absolute Gasteiger partial charge is 0.466 e. The lowest BCUT2D eigenvalue weighted by Crippen LogP contribution is -2.60. The fourth-order valence-corrected chi connectivity index (χ4v) is 4.95. The zero-order valence-electron chi connectivity index (χ0n) is 15.9. The molecule has 4 nitrogen and oxygen atoms in total. The third-order valence-electron chi connectivity index (χ3n) is 5.85. The molecule has 2 aromatic rings. The summed E-state index contributed by atoms with van der Waals surface area (Å²) in [5.74, 6) is 0.951. The number of nitrogens with zero attached hydrogens (tertiary/aromatic N) is 2. The van der Waals surface area contributed by atoms with E-state index in [1.165, 1.54) is 5.56 Å². The van der Waals surface area contributed by atoms with Gasteiger partial charge < -0.3 is 9.47 Å². The van der Waals surface area contributed by atoms with Gasteiger partial charge in [-0.15, -0.1) is 0 Å². The second kappa shape index (κ2) is 6.38. The zero-order chi connectivity index (χ0) is 19.5. The highest BCUT2D eigenvalue weighted by molar-refractivity contribution is 6.42. The molecule has 0 amide bonds. The normalized spacial score (nSPS) is 27.8. The highest BCUT2D eigenvalue weighted by atomic mass is 35.5. The second-order valence-corrected chi connectivity index (χ2v) is 9.18. The van der Waals surface area contributed by atoms with Gasteiger partial charge in [0, 0.05) is 24.8 Å². The third-order valence-corrected chi connectivity index (χ3v) is 6.59. The third kappa shape index (κ3) is 2.90. The number of ether oxygens (including phenoxy) is 2. The van der Waals surface area contributed by atoms with Crippen molar-refractivity contribution < 1.29 is 9.47 Å². The number of hydrogen-bond acceptors (Lipinski definition) is 4. The van der Waals surface area contributed by atoms with Crippen molar-refractivity contribution >= 4 is 28.9 Å². The average molecular weight is 417 g/mol. The van der Waals surface area contributed by atoms with Crippen LogP contribution in [0.2, 0.25) is 10.0 Å². The maximum absolute atomic E-state index is 6.63. The maximum Gasteiger partial charge on any atom is 0.203 e. The topological polar surface area (TPSA) is 34.1 Å². The summed E-state index contributed by atoms with van der Waals surface area (Å²) in [6.07, 6.45) is 2.34. The van der Waals surface area contributed by atoms with Gasteiger partial charge in [0.2, 0.25) is 5.72 Å². The molecule has 0 radical (unpaired) electrons. The molecule has 1 fully saturated rings. The Morgan fingerprint density at radius 1 is 1.11 bits per heavy atom. The van der Waals surface area contributed by atoms with Gasteiger partial charge in [-0.05, 0) is 37.6 Å². The molecule has 28 heavy (non-hydrogen) atoms. The molecule has 0 saturated carbocycles. The van der Waals surface area contributed by atoms with Crippen LogP contribution in [0.1, 0.15) is 50.3 Å². The van der Waals surface area contributed by atoms with Crippen LogP contribution in [0.5, 0.6) is 5.75 Å². The molecule has 5 rings (SSSR count). The van der Waals surface area contributed by atoms with Gasteiger partial charge in [-0.1, -0.05) is 47.5 Å². The van der Waals surface area contributed by atoms with Crippen molar-refractivity contribution in [3.8, 4) is 5.75 Å². The van der Waals surface area contributed by atoms with E-state index in [4.69, 9.17) is 37.8 Å². The van der Waals surface area contributed by atoms with E-state index < -0.39 is 5.72 Å². The highest BCUT2D eigenvalue weighted by Crippen LogP contribution is 2.51. The van der Waals surface area contributed by atoms with E-state index in [1.54, 1.807) is 0 Å². The van der Waals surface area contributed by atoms with Crippen LogP contribution >= 0.6 is 23.2 Å². The fraction of sp³-hybridized carbons (Fsp3) is 0.409. The van der Waals surface area contributed by atoms with Gasteiger partial charge in [0.15, 0.2) is 0 Å². The molecule has 1 spiro atoms. The van der Waals surface area contributed by atoms with E-state index in [0.29, 0.717) is 16.7 Å². The number of fused-ring (bicyclic) bond motifs is 4. The predicted molar refractivity (Wildman–Crippen MR) is 111 cm³/mol. The van der Waals surface area contributed by atoms with Crippen molar-refractivity contribution in [2.45, 2.75) is 50.5 Å². The van der Waals surface area contributed by atoms with E-state index in [0.717, 1.165) is 36.3 Å². The van der Waals surface area contributed by atoms with E-state index in [9.17, 15) is 0 Å². The van der Waals surface area contributed by atoms with Crippen LogP contribution in [0.25, 0.3) is 0 Å². The fourth-order valence-electron chi connectivity index (χ4n) is 4.65. The Morgan fingerprint density at radius 2 is 1.93 bits per heavy atom. The molecule has 2 unspecified atom stereocenters. The van der Waals surface area contributed by atoms with E-state index >= 15 is 0 Å². The summed E-state index contributed by atoms with van der Waals surface area (Å²) in [7, 11) is 0. The number of hydrogen-bond donors (Lipinski definition) is 0. The summed E-state index contributed by atoms with van der Waals surface area (Å²) in [4.78, 5) is 0. The second-order valence-electron chi connectivity index (χ2n) is 8.36. The van der Waals surface area contributed by atoms with Crippen LogP contribution in [-0.2, 0) is 4.74 Å². The number of hydrazone groups is 1. The first kappa shape index (κ1) is 18.3. The van der Waals surface area contributed by atoms with Crippen molar-refractivity contribution in [1.82, 2.24) is 5.01 Å². The molecule has 0 N–H and O–H groups in total. The van der Waals surface area contributed by atoms with Crippen molar-refractivity contribution in [3.63, 3.8) is 0 Å². The maximum atomic E-state index is 6.63. The average Bonchev–Trinajstić information content (AvgIpc) is 3.10. The van der Waals surface area contributed by atoms with Gasteiger partial charge in [0.25, 0.3) is 0 Å². The van der Waals surface area contributed by atoms with Crippen LogP contribution in [0.3, 0.4) is 0 Å². The van der Waals surface area contributed by atoms with Crippen molar-refractivity contribution in [3.05, 3.63) is 63.6 Å². The quantitative estimate of drug-likeness (QED) is 0.586. The molecule has 1 saturated heterocycles. The molecule has 0 aromatic heterocycles. The SMILES string of the molecule is CC1(C)CC2(CCO1)Oc1ccccc1C1CC(c3ccc(Cl)c(Cl)c3)=NN12. The minimum Gasteiger partial charge on any atom is -0.466 e. The first-order chi connectivity index (χ1) is 13.4. The molecule has 6 heteroatoms. The molecule has 3 aliphatic heterocycles. The van der Waals surface area contributed by atoms with Gasteiger partial charge in [0.05, 0.1) is 34.0 Å². The minimum atomic E-state index is -0.501. The highest BCUT2D eigenvalue weighted by Gasteiger charge is 2.54. The summed E-state index contributed by atoms with van der Waals surface area (Å²) in [6.45, 7) is 4.88. The Labute approximate surface area is 175 Å². The summed E-state index contributed by atoms with van der Waals surface area (Å²) in [5, 5.41) is 8.34. The summed E-state index contributed by atoms with van der Waals surface area (Å²) >= 11 is 12.4. The molecule has 0 bridgehead atoms. The predicted octanol–water partition coefficient (Wildman–Crippen LogP) is 5.82. The van der Waals surface area contributed by atoms with Gasteiger partial charge in [-0.3, -0.25) is 0 Å².